The van der Waals surface area contributed by atoms with Crippen LogP contribution >= 0.6 is 0 Å². The molecule has 0 unspecified atom stereocenters. The molecule has 0 atom stereocenters. The van der Waals surface area contributed by atoms with Gasteiger partial charge in [0.1, 0.15) is 5.82 Å². The van der Waals surface area contributed by atoms with Crippen LogP contribution in [0, 0.1) is 6.92 Å². The van der Waals surface area contributed by atoms with E-state index in [1.165, 1.54) is 7.11 Å². The van der Waals surface area contributed by atoms with Crippen molar-refractivity contribution in [2.24, 2.45) is 5.10 Å². The van der Waals surface area contributed by atoms with Gasteiger partial charge in [-0.2, -0.15) is 5.10 Å². The zero-order valence-corrected chi connectivity index (χ0v) is 14.9. The van der Waals surface area contributed by atoms with Gasteiger partial charge in [-0.3, -0.25) is 5.43 Å². The fraction of sp³-hybridized carbons (Fsp3) is 0.316. The summed E-state index contributed by atoms with van der Waals surface area (Å²) in [4.78, 5) is 18.4. The van der Waals surface area contributed by atoms with E-state index in [1.807, 2.05) is 37.3 Å². The molecule has 2 aromatic rings. The van der Waals surface area contributed by atoms with Crippen molar-refractivity contribution in [3.8, 4) is 0 Å². The average molecular weight is 354 g/mol. The lowest BCUT2D eigenvalue weighted by Crippen LogP contribution is -2.36. The van der Waals surface area contributed by atoms with Gasteiger partial charge in [-0.15, -0.1) is 0 Å². The first-order valence-corrected chi connectivity index (χ1v) is 8.44. The second-order valence-electron chi connectivity index (χ2n) is 5.97. The molecular weight excluding hydrogens is 332 g/mol. The number of nitrogens with one attached hydrogen (secondary N) is 1. The normalized spacial score (nSPS) is 14.5. The van der Waals surface area contributed by atoms with Crippen LogP contribution in [0.5, 0.6) is 0 Å². The number of hydrogen-bond donors (Lipinski definition) is 1. The SMILES string of the molecule is COC(=O)c1cc(N2CCOCC2)cc(N/N=C/c2cccc(C)c2)n1. The van der Waals surface area contributed by atoms with Gasteiger partial charge in [0, 0.05) is 24.8 Å². The van der Waals surface area contributed by atoms with Crippen molar-refractivity contribution in [1.82, 2.24) is 4.98 Å². The van der Waals surface area contributed by atoms with Crippen LogP contribution in [0.15, 0.2) is 41.5 Å². The largest absolute Gasteiger partial charge is 0.464 e. The minimum absolute atomic E-state index is 0.241. The van der Waals surface area contributed by atoms with E-state index < -0.39 is 5.97 Å². The number of esters is 1. The predicted molar refractivity (Wildman–Crippen MR) is 101 cm³/mol. The minimum Gasteiger partial charge on any atom is -0.464 e. The Balaban J connectivity index is 1.81. The molecule has 1 fully saturated rings. The highest BCUT2D eigenvalue weighted by atomic mass is 16.5. The summed E-state index contributed by atoms with van der Waals surface area (Å²) in [7, 11) is 1.34. The number of carbonyl (C=O) groups is 1. The van der Waals surface area contributed by atoms with E-state index in [4.69, 9.17) is 9.47 Å². The highest BCUT2D eigenvalue weighted by molar-refractivity contribution is 5.89. The van der Waals surface area contributed by atoms with E-state index in [1.54, 1.807) is 12.3 Å². The van der Waals surface area contributed by atoms with E-state index in [9.17, 15) is 4.79 Å². The van der Waals surface area contributed by atoms with E-state index in [0.29, 0.717) is 19.0 Å². The lowest BCUT2D eigenvalue weighted by atomic mass is 10.2. The fourth-order valence-corrected chi connectivity index (χ4v) is 2.71. The summed E-state index contributed by atoms with van der Waals surface area (Å²) < 4.78 is 10.2. The van der Waals surface area contributed by atoms with Gasteiger partial charge in [0.25, 0.3) is 0 Å². The quantitative estimate of drug-likeness (QED) is 0.505. The number of nitrogens with zero attached hydrogens (tertiary/aromatic N) is 3. The predicted octanol–water partition coefficient (Wildman–Crippen LogP) is 2.46. The summed E-state index contributed by atoms with van der Waals surface area (Å²) in [6.45, 7) is 4.86. The van der Waals surface area contributed by atoms with Crippen molar-refractivity contribution < 1.29 is 14.3 Å². The van der Waals surface area contributed by atoms with Crippen molar-refractivity contribution in [3.05, 3.63) is 53.2 Å². The monoisotopic (exact) mass is 354 g/mol. The second-order valence-corrected chi connectivity index (χ2v) is 5.97. The van der Waals surface area contributed by atoms with Gasteiger partial charge in [-0.1, -0.05) is 29.8 Å². The molecular formula is C19H22N4O3. The number of rotatable bonds is 5. The van der Waals surface area contributed by atoms with E-state index in [0.717, 1.165) is 29.9 Å². The molecule has 26 heavy (non-hydrogen) atoms. The summed E-state index contributed by atoms with van der Waals surface area (Å²) in [5.41, 5.74) is 6.17. The van der Waals surface area contributed by atoms with E-state index in [-0.39, 0.29) is 5.69 Å². The molecule has 2 heterocycles. The lowest BCUT2D eigenvalue weighted by molar-refractivity contribution is 0.0594. The molecule has 1 aliphatic heterocycles. The van der Waals surface area contributed by atoms with Crippen LogP contribution in [0.1, 0.15) is 21.6 Å². The van der Waals surface area contributed by atoms with Crippen LogP contribution in [-0.2, 0) is 9.47 Å². The van der Waals surface area contributed by atoms with Gasteiger partial charge in [0.15, 0.2) is 5.69 Å². The third-order valence-corrected chi connectivity index (χ3v) is 4.02. The molecule has 3 rings (SSSR count). The van der Waals surface area contributed by atoms with Crippen LogP contribution in [-0.4, -0.2) is 50.6 Å². The number of ether oxygens (including phenoxy) is 2. The first-order valence-electron chi connectivity index (χ1n) is 8.44. The van der Waals surface area contributed by atoms with Crippen molar-refractivity contribution in [2.45, 2.75) is 6.92 Å². The number of methoxy groups -OCH3 is 1. The van der Waals surface area contributed by atoms with Gasteiger partial charge in [-0.25, -0.2) is 9.78 Å². The highest BCUT2D eigenvalue weighted by Gasteiger charge is 2.16. The molecule has 0 spiro atoms. The minimum atomic E-state index is -0.481. The van der Waals surface area contributed by atoms with Crippen molar-refractivity contribution in [2.75, 3.05) is 43.7 Å². The number of aromatic nitrogens is 1. The molecule has 0 aliphatic carbocycles. The maximum absolute atomic E-state index is 11.9. The summed E-state index contributed by atoms with van der Waals surface area (Å²) in [5.74, 6) is 0.00381. The molecule has 0 amide bonds. The number of hydrogen-bond acceptors (Lipinski definition) is 7. The highest BCUT2D eigenvalue weighted by Crippen LogP contribution is 2.21. The van der Waals surface area contributed by atoms with Gasteiger partial charge >= 0.3 is 5.97 Å². The summed E-state index contributed by atoms with van der Waals surface area (Å²) in [6, 6.07) is 11.6. The van der Waals surface area contributed by atoms with Crippen LogP contribution < -0.4 is 10.3 Å². The van der Waals surface area contributed by atoms with Crippen LogP contribution in [0.2, 0.25) is 0 Å². The standard InChI is InChI=1S/C19H22N4O3/c1-14-4-3-5-15(10-14)13-20-22-18-12-16(23-6-8-26-9-7-23)11-17(21-18)19(24)25-2/h3-5,10-13H,6-9H2,1-2H3,(H,21,22)/b20-13+. The molecule has 7 heteroatoms. The molecule has 136 valence electrons. The molecule has 1 aromatic heterocycles. The molecule has 7 nitrogen and oxygen atoms in total. The zero-order valence-electron chi connectivity index (χ0n) is 14.9. The topological polar surface area (TPSA) is 76.0 Å². The van der Waals surface area contributed by atoms with Crippen molar-refractivity contribution in [3.63, 3.8) is 0 Å². The Morgan fingerprint density at radius 3 is 2.85 bits per heavy atom. The number of aryl methyl sites for hydroxylation is 1. The van der Waals surface area contributed by atoms with Gasteiger partial charge < -0.3 is 14.4 Å². The van der Waals surface area contributed by atoms with Gasteiger partial charge in [-0.05, 0) is 18.6 Å². The number of pyridine rings is 1. The first-order chi connectivity index (χ1) is 12.7. The Labute approximate surface area is 152 Å². The number of carbonyl (C=O) groups excluding carboxylic acids is 1. The van der Waals surface area contributed by atoms with Crippen LogP contribution in [0.4, 0.5) is 11.5 Å². The van der Waals surface area contributed by atoms with Crippen LogP contribution in [0.25, 0.3) is 0 Å². The molecule has 1 N–H and O–H groups in total. The number of morpholine rings is 1. The average Bonchev–Trinajstić information content (AvgIpc) is 2.68. The summed E-state index contributed by atoms with van der Waals surface area (Å²) >= 11 is 0. The summed E-state index contributed by atoms with van der Waals surface area (Å²) in [5, 5.41) is 4.23. The number of anilines is 2. The molecule has 0 saturated carbocycles. The van der Waals surface area contributed by atoms with Gasteiger partial charge in [0.2, 0.25) is 0 Å². The number of benzene rings is 1. The summed E-state index contributed by atoms with van der Waals surface area (Å²) in [6.07, 6.45) is 1.72. The maximum Gasteiger partial charge on any atom is 0.356 e. The Hall–Kier alpha value is -2.93. The van der Waals surface area contributed by atoms with Gasteiger partial charge in [0.05, 0.1) is 26.5 Å². The molecule has 1 aliphatic rings. The lowest BCUT2D eigenvalue weighted by Gasteiger charge is -2.29. The van der Waals surface area contributed by atoms with Crippen molar-refractivity contribution in [1.29, 1.82) is 0 Å². The van der Waals surface area contributed by atoms with Crippen molar-refractivity contribution >= 4 is 23.7 Å². The Morgan fingerprint density at radius 1 is 1.31 bits per heavy atom. The molecule has 0 bridgehead atoms. The fourth-order valence-electron chi connectivity index (χ4n) is 2.71. The third kappa shape index (κ3) is 4.58. The Bertz CT molecular complexity index is 801. The smallest absolute Gasteiger partial charge is 0.356 e. The van der Waals surface area contributed by atoms with Crippen LogP contribution in [0.3, 0.4) is 0 Å². The zero-order chi connectivity index (χ0) is 18.4. The molecule has 1 saturated heterocycles. The first kappa shape index (κ1) is 17.9. The molecule has 0 radical (unpaired) electrons. The Morgan fingerprint density at radius 2 is 2.12 bits per heavy atom. The van der Waals surface area contributed by atoms with E-state index >= 15 is 0 Å². The maximum atomic E-state index is 11.9. The van der Waals surface area contributed by atoms with E-state index in [2.05, 4.69) is 20.4 Å². The Kier molecular flexibility index (Phi) is 5.80. The molecule has 1 aromatic carbocycles. The number of hydrazone groups is 1. The third-order valence-electron chi connectivity index (χ3n) is 4.02. The second kappa shape index (κ2) is 8.44.